The van der Waals surface area contributed by atoms with E-state index < -0.39 is 5.91 Å². The summed E-state index contributed by atoms with van der Waals surface area (Å²) in [5, 5.41) is 7.63. The Hall–Kier alpha value is -3.66. The average Bonchev–Trinajstić information content (AvgIpc) is 3.20. The van der Waals surface area contributed by atoms with Crippen LogP contribution in [-0.4, -0.2) is 56.4 Å². The second kappa shape index (κ2) is 9.00. The van der Waals surface area contributed by atoms with Crippen molar-refractivity contribution in [3.63, 3.8) is 0 Å². The van der Waals surface area contributed by atoms with Crippen LogP contribution in [-0.2, 0) is 6.54 Å². The topological polar surface area (TPSA) is 114 Å². The number of hydrogen-bond acceptors (Lipinski definition) is 7. The van der Waals surface area contributed by atoms with Crippen LogP contribution in [0.25, 0.3) is 0 Å². The van der Waals surface area contributed by atoms with E-state index in [0.717, 1.165) is 18.7 Å². The summed E-state index contributed by atoms with van der Waals surface area (Å²) in [6.45, 7) is 5.87. The summed E-state index contributed by atoms with van der Waals surface area (Å²) in [5.74, 6) is -0.643. The summed E-state index contributed by atoms with van der Waals surface area (Å²) in [6.07, 6.45) is 7.48. The quantitative estimate of drug-likeness (QED) is 0.564. The van der Waals surface area contributed by atoms with Gasteiger partial charge in [-0.2, -0.15) is 5.10 Å². The summed E-state index contributed by atoms with van der Waals surface area (Å²) in [7, 11) is 0. The van der Waals surface area contributed by atoms with Gasteiger partial charge in [-0.3, -0.25) is 29.3 Å². The maximum atomic E-state index is 13.2. The molecule has 0 saturated carbocycles. The van der Waals surface area contributed by atoms with Crippen LogP contribution in [0.1, 0.15) is 28.5 Å². The molecule has 0 unspecified atom stereocenters. The zero-order valence-corrected chi connectivity index (χ0v) is 16.9. The predicted molar refractivity (Wildman–Crippen MR) is 115 cm³/mol. The lowest BCUT2D eigenvalue weighted by molar-refractivity contribution is 0.100. The molecule has 1 aliphatic rings. The van der Waals surface area contributed by atoms with Crippen LogP contribution >= 0.6 is 0 Å². The molecule has 1 aliphatic heterocycles. The number of primary amides is 1. The van der Waals surface area contributed by atoms with Gasteiger partial charge in [0.2, 0.25) is 0 Å². The maximum absolute atomic E-state index is 13.2. The van der Waals surface area contributed by atoms with Crippen LogP contribution in [0.5, 0.6) is 0 Å². The Morgan fingerprint density at radius 2 is 2.13 bits per heavy atom. The van der Waals surface area contributed by atoms with Crippen molar-refractivity contribution in [2.24, 2.45) is 10.7 Å². The van der Waals surface area contributed by atoms with Crippen molar-refractivity contribution < 1.29 is 9.18 Å². The third-order valence-corrected chi connectivity index (χ3v) is 5.31. The fraction of sp³-hybridized carbons (Fsp3) is 0.286. The Kier molecular flexibility index (Phi) is 5.99. The van der Waals surface area contributed by atoms with Crippen LogP contribution < -0.4 is 11.1 Å². The van der Waals surface area contributed by atoms with E-state index in [1.165, 1.54) is 12.1 Å². The van der Waals surface area contributed by atoms with Gasteiger partial charge in [0.1, 0.15) is 11.4 Å². The van der Waals surface area contributed by atoms with E-state index in [4.69, 9.17) is 5.73 Å². The first kappa shape index (κ1) is 20.6. The smallest absolute Gasteiger partial charge is 0.254 e. The molecule has 3 heterocycles. The molecular formula is C21H23FN8O. The largest absolute Gasteiger partial charge is 0.365 e. The Balaban J connectivity index is 1.58. The molecule has 1 amide bonds. The Morgan fingerprint density at radius 1 is 1.32 bits per heavy atom. The molecule has 31 heavy (non-hydrogen) atoms. The minimum absolute atomic E-state index is 0.0580. The van der Waals surface area contributed by atoms with Crippen molar-refractivity contribution >= 4 is 24.1 Å². The minimum atomic E-state index is -0.605. The van der Waals surface area contributed by atoms with Gasteiger partial charge < -0.3 is 11.1 Å². The number of nitrogens with two attached hydrogens (primary N) is 1. The SMILES string of the molecule is C=N[C@@H]1CCN(Cc2cnccn2)C[C@H]1n1cc(C(N)=O)c(Nc2ccc(F)cc2)n1. The lowest BCUT2D eigenvalue weighted by Gasteiger charge is -2.36. The molecular weight excluding hydrogens is 399 g/mol. The van der Waals surface area contributed by atoms with Crippen LogP contribution in [0.3, 0.4) is 0 Å². The number of aromatic nitrogens is 4. The third-order valence-electron chi connectivity index (χ3n) is 5.31. The number of anilines is 2. The highest BCUT2D eigenvalue weighted by Crippen LogP contribution is 2.28. The highest BCUT2D eigenvalue weighted by atomic mass is 19.1. The van der Waals surface area contributed by atoms with Gasteiger partial charge in [0.25, 0.3) is 5.91 Å². The van der Waals surface area contributed by atoms with Crippen LogP contribution in [0.4, 0.5) is 15.9 Å². The zero-order valence-electron chi connectivity index (χ0n) is 16.9. The molecule has 160 valence electrons. The van der Waals surface area contributed by atoms with Crippen LogP contribution in [0.2, 0.25) is 0 Å². The maximum Gasteiger partial charge on any atom is 0.254 e. The molecule has 10 heteroatoms. The number of likely N-dealkylation sites (tertiary alicyclic amines) is 1. The van der Waals surface area contributed by atoms with Gasteiger partial charge in [0, 0.05) is 50.1 Å². The van der Waals surface area contributed by atoms with Gasteiger partial charge in [-0.05, 0) is 37.4 Å². The van der Waals surface area contributed by atoms with E-state index in [0.29, 0.717) is 24.6 Å². The fourth-order valence-corrected chi connectivity index (χ4v) is 3.75. The van der Waals surface area contributed by atoms with Gasteiger partial charge in [-0.15, -0.1) is 0 Å². The molecule has 2 atom stereocenters. The van der Waals surface area contributed by atoms with Crippen molar-refractivity contribution in [2.45, 2.75) is 25.0 Å². The van der Waals surface area contributed by atoms with Gasteiger partial charge in [-0.25, -0.2) is 4.39 Å². The number of halogens is 1. The lowest BCUT2D eigenvalue weighted by atomic mass is 10.00. The third kappa shape index (κ3) is 4.75. The van der Waals surface area contributed by atoms with E-state index in [1.54, 1.807) is 41.6 Å². The van der Waals surface area contributed by atoms with Gasteiger partial charge in [0.05, 0.1) is 17.8 Å². The molecule has 1 fully saturated rings. The van der Waals surface area contributed by atoms with Gasteiger partial charge in [-0.1, -0.05) is 0 Å². The van der Waals surface area contributed by atoms with Crippen molar-refractivity contribution in [1.82, 2.24) is 24.6 Å². The van der Waals surface area contributed by atoms with E-state index in [-0.39, 0.29) is 23.5 Å². The Morgan fingerprint density at radius 3 is 2.81 bits per heavy atom. The van der Waals surface area contributed by atoms with Crippen molar-refractivity contribution in [2.75, 3.05) is 18.4 Å². The second-order valence-corrected chi connectivity index (χ2v) is 7.41. The number of nitrogens with zero attached hydrogens (tertiary/aromatic N) is 6. The number of hydrogen-bond donors (Lipinski definition) is 2. The number of rotatable bonds is 7. The first-order valence-corrected chi connectivity index (χ1v) is 9.88. The van der Waals surface area contributed by atoms with Gasteiger partial charge >= 0.3 is 0 Å². The summed E-state index contributed by atoms with van der Waals surface area (Å²) < 4.78 is 14.9. The standard InChI is InChI=1S/C21H23FN8O/c1-24-18-6-9-29(11-16-10-25-7-8-26-16)13-19(18)30-12-17(20(23)31)21(28-30)27-15-4-2-14(22)3-5-15/h2-5,7-8,10,12,18-19H,1,6,9,11,13H2,(H2,23,31)(H,27,28)/t18-,19-/m1/s1. The number of piperidine rings is 1. The van der Waals surface area contributed by atoms with Crippen molar-refractivity contribution in [3.8, 4) is 0 Å². The number of carbonyl (C=O) groups excluding carboxylic acids is 1. The van der Waals surface area contributed by atoms with Crippen LogP contribution in [0.15, 0.2) is 54.0 Å². The second-order valence-electron chi connectivity index (χ2n) is 7.41. The highest BCUT2D eigenvalue weighted by Gasteiger charge is 2.32. The van der Waals surface area contributed by atoms with E-state index in [1.807, 2.05) is 0 Å². The first-order chi connectivity index (χ1) is 15.0. The number of carbonyl (C=O) groups is 1. The fourth-order valence-electron chi connectivity index (χ4n) is 3.75. The number of aliphatic imine (C=N–C) groups is 1. The van der Waals surface area contributed by atoms with E-state index in [2.05, 4.69) is 37.0 Å². The minimum Gasteiger partial charge on any atom is -0.365 e. The molecule has 3 N–H and O–H groups in total. The highest BCUT2D eigenvalue weighted by molar-refractivity contribution is 5.98. The average molecular weight is 422 g/mol. The molecule has 2 aromatic heterocycles. The first-order valence-electron chi connectivity index (χ1n) is 9.88. The molecule has 0 radical (unpaired) electrons. The summed E-state index contributed by atoms with van der Waals surface area (Å²) >= 11 is 0. The molecule has 9 nitrogen and oxygen atoms in total. The Labute approximate surface area is 178 Å². The van der Waals surface area contributed by atoms with Crippen molar-refractivity contribution in [3.05, 3.63) is 66.1 Å². The number of nitrogens with one attached hydrogen (secondary N) is 1. The van der Waals surface area contributed by atoms with Crippen molar-refractivity contribution in [1.29, 1.82) is 0 Å². The summed E-state index contributed by atoms with van der Waals surface area (Å²) in [4.78, 5) is 27.0. The number of benzene rings is 1. The van der Waals surface area contributed by atoms with Gasteiger partial charge in [0.15, 0.2) is 5.82 Å². The molecule has 0 bridgehead atoms. The van der Waals surface area contributed by atoms with Crippen LogP contribution in [0, 0.1) is 5.82 Å². The zero-order chi connectivity index (χ0) is 21.8. The van der Waals surface area contributed by atoms with E-state index >= 15 is 0 Å². The lowest BCUT2D eigenvalue weighted by Crippen LogP contribution is -2.43. The molecule has 4 rings (SSSR count). The summed E-state index contributed by atoms with van der Waals surface area (Å²) in [5.41, 5.74) is 7.30. The molecule has 0 aliphatic carbocycles. The molecule has 0 spiro atoms. The summed E-state index contributed by atoms with van der Waals surface area (Å²) in [6, 6.07) is 5.59. The molecule has 3 aromatic rings. The Bertz CT molecular complexity index is 1050. The number of amides is 1. The van der Waals surface area contributed by atoms with E-state index in [9.17, 15) is 9.18 Å². The molecule has 1 aromatic carbocycles. The predicted octanol–water partition coefficient (Wildman–Crippen LogP) is 2.17. The monoisotopic (exact) mass is 422 g/mol. The molecule has 1 saturated heterocycles. The normalized spacial score (nSPS) is 19.1.